The summed E-state index contributed by atoms with van der Waals surface area (Å²) in [4.78, 5) is 0. The lowest BCUT2D eigenvalue weighted by molar-refractivity contribution is 0.349. The average molecular weight is 227 g/mol. The summed E-state index contributed by atoms with van der Waals surface area (Å²) in [5, 5.41) is 3.04. The van der Waals surface area contributed by atoms with Crippen LogP contribution in [0.5, 0.6) is 17.2 Å². The molecule has 0 saturated carbocycles. The van der Waals surface area contributed by atoms with Crippen LogP contribution in [-0.2, 0) is 0 Å². The van der Waals surface area contributed by atoms with Crippen molar-refractivity contribution in [3.8, 4) is 17.2 Å². The highest BCUT2D eigenvalue weighted by molar-refractivity contribution is 5.64. The molecule has 4 N–H and O–H groups in total. The van der Waals surface area contributed by atoms with Crippen molar-refractivity contribution < 1.29 is 14.2 Å². The maximum absolute atomic E-state index is 5.22. The van der Waals surface area contributed by atoms with E-state index in [1.807, 2.05) is 0 Å². The monoisotopic (exact) mass is 227 g/mol. The van der Waals surface area contributed by atoms with Crippen molar-refractivity contribution in [1.82, 2.24) is 5.43 Å². The lowest BCUT2D eigenvalue weighted by Gasteiger charge is -2.15. The zero-order valence-corrected chi connectivity index (χ0v) is 9.66. The first-order valence-electron chi connectivity index (χ1n) is 4.74. The second kappa shape index (κ2) is 6.04. The van der Waals surface area contributed by atoms with Crippen LogP contribution < -0.4 is 30.8 Å². The van der Waals surface area contributed by atoms with Gasteiger partial charge in [0.2, 0.25) is 0 Å². The van der Waals surface area contributed by atoms with E-state index in [-0.39, 0.29) is 0 Å². The van der Waals surface area contributed by atoms with Gasteiger partial charge in [-0.05, 0) is 0 Å². The van der Waals surface area contributed by atoms with E-state index >= 15 is 0 Å². The van der Waals surface area contributed by atoms with Crippen LogP contribution >= 0.6 is 0 Å². The maximum Gasteiger partial charge on any atom is 0.164 e. The van der Waals surface area contributed by atoms with E-state index < -0.39 is 0 Å². The van der Waals surface area contributed by atoms with Crippen LogP contribution in [0.25, 0.3) is 0 Å². The standard InChI is InChI=1S/C10H17N3O3/c1-14-8-5-10(16-3)9(15-2)4-7(8)12-6-13-11/h4-5,12-13H,6,11H2,1-3H3. The van der Waals surface area contributed by atoms with Gasteiger partial charge in [0.15, 0.2) is 11.5 Å². The number of benzene rings is 1. The van der Waals surface area contributed by atoms with Gasteiger partial charge < -0.3 is 19.5 Å². The minimum Gasteiger partial charge on any atom is -0.494 e. The number of hydrogen-bond acceptors (Lipinski definition) is 6. The number of ether oxygens (including phenoxy) is 3. The minimum atomic E-state index is 0.422. The summed E-state index contributed by atoms with van der Waals surface area (Å²) in [5.41, 5.74) is 3.27. The predicted molar refractivity (Wildman–Crippen MR) is 61.9 cm³/mol. The molecule has 1 aromatic rings. The molecule has 16 heavy (non-hydrogen) atoms. The Labute approximate surface area is 94.6 Å². The fraction of sp³-hybridized carbons (Fsp3) is 0.400. The number of nitrogens with one attached hydrogen (secondary N) is 2. The van der Waals surface area contributed by atoms with E-state index in [0.717, 1.165) is 5.69 Å². The van der Waals surface area contributed by atoms with Crippen molar-refractivity contribution in [3.05, 3.63) is 12.1 Å². The first-order chi connectivity index (χ1) is 7.76. The molecule has 6 heteroatoms. The normalized spacial score (nSPS) is 9.75. The van der Waals surface area contributed by atoms with Gasteiger partial charge in [0.1, 0.15) is 5.75 Å². The quantitative estimate of drug-likeness (QED) is 0.374. The Morgan fingerprint density at radius 2 is 1.56 bits per heavy atom. The van der Waals surface area contributed by atoms with Crippen LogP contribution in [0.2, 0.25) is 0 Å². The lowest BCUT2D eigenvalue weighted by atomic mass is 10.2. The van der Waals surface area contributed by atoms with Crippen molar-refractivity contribution in [2.24, 2.45) is 5.84 Å². The highest BCUT2D eigenvalue weighted by Crippen LogP contribution is 2.37. The minimum absolute atomic E-state index is 0.422. The molecule has 0 heterocycles. The van der Waals surface area contributed by atoms with Crippen LogP contribution in [0.15, 0.2) is 12.1 Å². The number of hydrogen-bond donors (Lipinski definition) is 3. The van der Waals surface area contributed by atoms with Crippen molar-refractivity contribution in [2.75, 3.05) is 33.3 Å². The molecule has 0 fully saturated rings. The van der Waals surface area contributed by atoms with Crippen LogP contribution in [0.4, 0.5) is 5.69 Å². The van der Waals surface area contributed by atoms with Crippen LogP contribution in [0.1, 0.15) is 0 Å². The first-order valence-corrected chi connectivity index (χ1v) is 4.74. The largest absolute Gasteiger partial charge is 0.494 e. The third-order valence-electron chi connectivity index (χ3n) is 2.09. The molecule has 1 rings (SSSR count). The number of nitrogens with two attached hydrogens (primary N) is 1. The third-order valence-corrected chi connectivity index (χ3v) is 2.09. The third kappa shape index (κ3) is 2.68. The van der Waals surface area contributed by atoms with Crippen LogP contribution in [-0.4, -0.2) is 28.0 Å². The Bertz CT molecular complexity index is 344. The summed E-state index contributed by atoms with van der Waals surface area (Å²) in [5.74, 6) is 7.09. The molecular formula is C10H17N3O3. The van der Waals surface area contributed by atoms with Gasteiger partial charge in [-0.3, -0.25) is 5.84 Å². The maximum atomic E-state index is 5.22. The molecule has 1 aromatic carbocycles. The molecule has 0 spiro atoms. The fourth-order valence-electron chi connectivity index (χ4n) is 1.31. The van der Waals surface area contributed by atoms with Gasteiger partial charge in [-0.2, -0.15) is 0 Å². The van der Waals surface area contributed by atoms with Gasteiger partial charge in [-0.1, -0.05) is 0 Å². The number of hydrazine groups is 1. The topological polar surface area (TPSA) is 77.8 Å². The molecule has 0 atom stereocenters. The Morgan fingerprint density at radius 1 is 1.00 bits per heavy atom. The molecule has 0 radical (unpaired) electrons. The Kier molecular flexibility index (Phi) is 4.68. The number of anilines is 1. The van der Waals surface area contributed by atoms with E-state index in [1.165, 1.54) is 0 Å². The molecule has 0 saturated heterocycles. The Morgan fingerprint density at radius 3 is 2.06 bits per heavy atom. The first kappa shape index (κ1) is 12.4. The van der Waals surface area contributed by atoms with Gasteiger partial charge in [-0.25, -0.2) is 5.43 Å². The van der Waals surface area contributed by atoms with Crippen molar-refractivity contribution in [1.29, 1.82) is 0 Å². The molecule has 0 bridgehead atoms. The van der Waals surface area contributed by atoms with Gasteiger partial charge in [0, 0.05) is 12.1 Å². The average Bonchev–Trinajstić information content (AvgIpc) is 2.35. The molecule has 0 amide bonds. The van der Waals surface area contributed by atoms with Gasteiger partial charge in [0.05, 0.1) is 33.7 Å². The molecule has 90 valence electrons. The smallest absolute Gasteiger partial charge is 0.164 e. The van der Waals surface area contributed by atoms with Crippen molar-refractivity contribution >= 4 is 5.69 Å². The van der Waals surface area contributed by atoms with Gasteiger partial charge in [0.25, 0.3) is 0 Å². The van der Waals surface area contributed by atoms with Gasteiger partial charge in [-0.15, -0.1) is 0 Å². The SMILES string of the molecule is COc1cc(OC)c(OC)cc1NCNN. The number of methoxy groups -OCH3 is 3. The zero-order valence-electron chi connectivity index (χ0n) is 9.66. The summed E-state index contributed by atoms with van der Waals surface area (Å²) in [6, 6.07) is 3.53. The highest BCUT2D eigenvalue weighted by Gasteiger charge is 2.10. The summed E-state index contributed by atoms with van der Waals surface area (Å²) in [7, 11) is 4.74. The zero-order chi connectivity index (χ0) is 12.0. The van der Waals surface area contributed by atoms with Gasteiger partial charge >= 0.3 is 0 Å². The van der Waals surface area contributed by atoms with Crippen molar-refractivity contribution in [2.45, 2.75) is 0 Å². The molecule has 0 aromatic heterocycles. The summed E-state index contributed by atoms with van der Waals surface area (Å²) < 4.78 is 15.6. The van der Waals surface area contributed by atoms with E-state index in [0.29, 0.717) is 23.9 Å². The summed E-state index contributed by atoms with van der Waals surface area (Å²) in [6.07, 6.45) is 0. The molecule has 0 aliphatic rings. The van der Waals surface area contributed by atoms with E-state index in [1.54, 1.807) is 33.5 Å². The molecule has 0 unspecified atom stereocenters. The molecule has 0 aliphatic heterocycles. The Hall–Kier alpha value is -1.66. The second-order valence-corrected chi connectivity index (χ2v) is 2.97. The molecule has 0 aliphatic carbocycles. The second-order valence-electron chi connectivity index (χ2n) is 2.97. The predicted octanol–water partition coefficient (Wildman–Crippen LogP) is 0.545. The van der Waals surface area contributed by atoms with E-state index in [2.05, 4.69) is 10.7 Å². The summed E-state index contributed by atoms with van der Waals surface area (Å²) in [6.45, 7) is 0.422. The lowest BCUT2D eigenvalue weighted by Crippen LogP contribution is -2.28. The Balaban J connectivity index is 3.05. The highest BCUT2D eigenvalue weighted by atomic mass is 16.5. The molecular weight excluding hydrogens is 210 g/mol. The molecule has 6 nitrogen and oxygen atoms in total. The van der Waals surface area contributed by atoms with Crippen LogP contribution in [0, 0.1) is 0 Å². The van der Waals surface area contributed by atoms with E-state index in [9.17, 15) is 0 Å². The fourth-order valence-corrected chi connectivity index (χ4v) is 1.31. The summed E-state index contributed by atoms with van der Waals surface area (Å²) >= 11 is 0. The van der Waals surface area contributed by atoms with Crippen molar-refractivity contribution in [3.63, 3.8) is 0 Å². The van der Waals surface area contributed by atoms with E-state index in [4.69, 9.17) is 20.1 Å². The number of rotatable bonds is 6. The van der Waals surface area contributed by atoms with Crippen LogP contribution in [0.3, 0.4) is 0 Å².